The average Bonchev–Trinajstić information content (AvgIpc) is 1.94. The molecule has 0 saturated carbocycles. The topological polar surface area (TPSA) is 37.3 Å². The van der Waals surface area contributed by atoms with Crippen LogP contribution in [0.25, 0.3) is 0 Å². The second-order valence-corrected chi connectivity index (χ2v) is 3.53. The normalized spacial score (nSPS) is 13.0. The van der Waals surface area contributed by atoms with E-state index in [0.29, 0.717) is 9.92 Å². The molecule has 0 radical (unpaired) electrons. The van der Waals surface area contributed by atoms with E-state index in [0.717, 1.165) is 5.56 Å². The van der Waals surface area contributed by atoms with Crippen LogP contribution >= 0.6 is 11.6 Å². The average molecular weight is 191 g/mol. The highest BCUT2D eigenvalue weighted by atomic mass is 35.5. The van der Waals surface area contributed by atoms with Crippen LogP contribution in [0.15, 0.2) is 23.1 Å². The summed E-state index contributed by atoms with van der Waals surface area (Å²) in [5.41, 5.74) is 0.773. The number of aryl methyl sites for hydroxylation is 1. The van der Waals surface area contributed by atoms with Crippen molar-refractivity contribution in [1.29, 1.82) is 0 Å². The molecule has 0 aliphatic heterocycles. The molecule has 4 heteroatoms. The van der Waals surface area contributed by atoms with Crippen molar-refractivity contribution in [3.8, 4) is 0 Å². The van der Waals surface area contributed by atoms with Crippen molar-refractivity contribution in [3.63, 3.8) is 0 Å². The molecule has 2 nitrogen and oxygen atoms in total. The van der Waals surface area contributed by atoms with E-state index in [9.17, 15) is 4.21 Å². The van der Waals surface area contributed by atoms with E-state index in [1.165, 1.54) is 6.07 Å². The lowest BCUT2D eigenvalue weighted by Crippen LogP contribution is -1.91. The van der Waals surface area contributed by atoms with Gasteiger partial charge in [0.05, 0.1) is 4.90 Å². The monoisotopic (exact) mass is 190 g/mol. The molecule has 0 fully saturated rings. The number of hydrogen-bond acceptors (Lipinski definition) is 1. The van der Waals surface area contributed by atoms with Gasteiger partial charge >= 0.3 is 0 Å². The molecule has 0 aromatic heterocycles. The molecule has 0 saturated heterocycles. The van der Waals surface area contributed by atoms with Gasteiger partial charge in [-0.3, -0.25) is 0 Å². The molecule has 1 N–H and O–H groups in total. The molecule has 0 aliphatic rings. The Hall–Kier alpha value is -0.380. The molecule has 1 aromatic rings. The van der Waals surface area contributed by atoms with Gasteiger partial charge in [0.1, 0.15) is 0 Å². The van der Waals surface area contributed by atoms with Crippen molar-refractivity contribution in [2.45, 2.75) is 11.8 Å². The van der Waals surface area contributed by atoms with E-state index in [1.54, 1.807) is 19.1 Å². The lowest BCUT2D eigenvalue weighted by molar-refractivity contribution is 0.564. The Morgan fingerprint density at radius 2 is 2.18 bits per heavy atom. The van der Waals surface area contributed by atoms with E-state index >= 15 is 0 Å². The third-order valence-corrected chi connectivity index (χ3v) is 2.39. The third-order valence-electron chi connectivity index (χ3n) is 1.34. The van der Waals surface area contributed by atoms with Gasteiger partial charge in [0, 0.05) is 5.02 Å². The van der Waals surface area contributed by atoms with Crippen molar-refractivity contribution in [3.05, 3.63) is 28.8 Å². The molecule has 11 heavy (non-hydrogen) atoms. The second kappa shape index (κ2) is 3.34. The molecule has 1 rings (SSSR count). The molecule has 1 unspecified atom stereocenters. The summed E-state index contributed by atoms with van der Waals surface area (Å²) in [7, 11) is 0. The molecule has 0 spiro atoms. The highest BCUT2D eigenvalue weighted by Crippen LogP contribution is 2.17. The summed E-state index contributed by atoms with van der Waals surface area (Å²) >= 11 is 3.68. The van der Waals surface area contributed by atoms with Gasteiger partial charge in [0.2, 0.25) is 0 Å². The Morgan fingerprint density at radius 3 is 2.64 bits per heavy atom. The predicted octanol–water partition coefficient (Wildman–Crippen LogP) is 2.23. The van der Waals surface area contributed by atoms with E-state index in [4.69, 9.17) is 16.2 Å². The maximum Gasteiger partial charge on any atom is 0.186 e. The summed E-state index contributed by atoms with van der Waals surface area (Å²) in [6.07, 6.45) is 0. The van der Waals surface area contributed by atoms with Crippen LogP contribution < -0.4 is 0 Å². The number of benzene rings is 1. The zero-order valence-corrected chi connectivity index (χ0v) is 7.45. The van der Waals surface area contributed by atoms with Gasteiger partial charge in [0.15, 0.2) is 11.1 Å². The first-order valence-corrected chi connectivity index (χ1v) is 4.47. The van der Waals surface area contributed by atoms with Crippen LogP contribution in [0.1, 0.15) is 5.56 Å². The Bertz CT molecular complexity index is 298. The standard InChI is InChI=1S/C7H7ClO2S/c1-5-2-3-6(8)4-7(5)11(9)10/h2-4H,1H3,(H,9,10). The summed E-state index contributed by atoms with van der Waals surface area (Å²) < 4.78 is 19.4. The molecular formula is C7H7ClO2S. The van der Waals surface area contributed by atoms with E-state index in [2.05, 4.69) is 0 Å². The number of rotatable bonds is 1. The molecule has 60 valence electrons. The quantitative estimate of drug-likeness (QED) is 0.690. The van der Waals surface area contributed by atoms with E-state index in [1.807, 2.05) is 0 Å². The van der Waals surface area contributed by atoms with Crippen LogP contribution in [0.4, 0.5) is 0 Å². The highest BCUT2D eigenvalue weighted by Gasteiger charge is 2.03. The van der Waals surface area contributed by atoms with Crippen LogP contribution in [-0.2, 0) is 11.1 Å². The minimum Gasteiger partial charge on any atom is -0.302 e. The van der Waals surface area contributed by atoms with Crippen molar-refractivity contribution in [1.82, 2.24) is 0 Å². The fraction of sp³-hybridized carbons (Fsp3) is 0.143. The van der Waals surface area contributed by atoms with Crippen LogP contribution in [0.3, 0.4) is 0 Å². The lowest BCUT2D eigenvalue weighted by Gasteiger charge is -1.99. The summed E-state index contributed by atoms with van der Waals surface area (Å²) in [5.74, 6) is 0. The molecule has 0 amide bonds. The Morgan fingerprint density at radius 1 is 1.55 bits per heavy atom. The summed E-state index contributed by atoms with van der Waals surface area (Å²) in [6.45, 7) is 1.76. The maximum atomic E-state index is 10.6. The lowest BCUT2D eigenvalue weighted by atomic mass is 10.2. The van der Waals surface area contributed by atoms with Crippen molar-refractivity contribution >= 4 is 22.7 Å². The highest BCUT2D eigenvalue weighted by molar-refractivity contribution is 7.79. The van der Waals surface area contributed by atoms with Gasteiger partial charge in [-0.05, 0) is 24.6 Å². The second-order valence-electron chi connectivity index (χ2n) is 2.16. The first-order valence-electron chi connectivity index (χ1n) is 2.98. The molecule has 0 aliphatic carbocycles. The number of hydrogen-bond donors (Lipinski definition) is 1. The van der Waals surface area contributed by atoms with Gasteiger partial charge in [0.25, 0.3) is 0 Å². The minimum absolute atomic E-state index is 0.373. The van der Waals surface area contributed by atoms with E-state index in [-0.39, 0.29) is 0 Å². The molecule has 0 bridgehead atoms. The summed E-state index contributed by atoms with van der Waals surface area (Å²) in [6, 6.07) is 4.89. The van der Waals surface area contributed by atoms with Gasteiger partial charge in [-0.25, -0.2) is 4.21 Å². The van der Waals surface area contributed by atoms with Crippen molar-refractivity contribution in [2.75, 3.05) is 0 Å². The molecule has 0 heterocycles. The molecular weight excluding hydrogens is 184 g/mol. The van der Waals surface area contributed by atoms with Gasteiger partial charge in [-0.2, -0.15) is 0 Å². The van der Waals surface area contributed by atoms with Gasteiger partial charge in [-0.15, -0.1) is 0 Å². The maximum absolute atomic E-state index is 10.6. The first kappa shape index (κ1) is 8.71. The van der Waals surface area contributed by atoms with Crippen LogP contribution in [0.5, 0.6) is 0 Å². The fourth-order valence-corrected chi connectivity index (χ4v) is 1.57. The Labute approximate surface area is 72.5 Å². The fourth-order valence-electron chi connectivity index (χ4n) is 0.762. The van der Waals surface area contributed by atoms with Crippen LogP contribution in [0, 0.1) is 6.92 Å². The molecule has 1 aromatic carbocycles. The third kappa shape index (κ3) is 2.02. The predicted molar refractivity (Wildman–Crippen MR) is 45.2 cm³/mol. The minimum atomic E-state index is -1.94. The van der Waals surface area contributed by atoms with Crippen molar-refractivity contribution < 1.29 is 8.76 Å². The number of halogens is 1. The van der Waals surface area contributed by atoms with Gasteiger partial charge in [-0.1, -0.05) is 17.7 Å². The summed E-state index contributed by atoms with van der Waals surface area (Å²) in [5, 5.41) is 0.480. The largest absolute Gasteiger partial charge is 0.302 e. The SMILES string of the molecule is Cc1ccc(Cl)cc1S(=O)O. The first-order chi connectivity index (χ1) is 5.11. The molecule has 1 atom stereocenters. The van der Waals surface area contributed by atoms with Crippen molar-refractivity contribution in [2.24, 2.45) is 0 Å². The summed E-state index contributed by atoms with van der Waals surface area (Å²) in [4.78, 5) is 0.373. The smallest absolute Gasteiger partial charge is 0.186 e. The Balaban J connectivity index is 3.23. The van der Waals surface area contributed by atoms with Crippen LogP contribution in [0.2, 0.25) is 5.02 Å². The van der Waals surface area contributed by atoms with Gasteiger partial charge < -0.3 is 4.55 Å². The zero-order valence-electron chi connectivity index (χ0n) is 5.87. The zero-order chi connectivity index (χ0) is 8.43. The van der Waals surface area contributed by atoms with E-state index < -0.39 is 11.1 Å². The Kier molecular flexibility index (Phi) is 2.65. The van der Waals surface area contributed by atoms with Crippen LogP contribution in [-0.4, -0.2) is 8.76 Å².